The average molecular weight is 289 g/mol. The normalized spacial score (nSPS) is 23.9. The number of hydrogen-bond donors (Lipinski definition) is 2. The lowest BCUT2D eigenvalue weighted by molar-refractivity contribution is -0.0601. The largest absolute Gasteiger partial charge is 0.385 e. The Morgan fingerprint density at radius 2 is 1.65 bits per heavy atom. The van der Waals surface area contributed by atoms with Crippen molar-refractivity contribution in [2.75, 3.05) is 0 Å². The molecule has 0 bridgehead atoms. The van der Waals surface area contributed by atoms with E-state index in [9.17, 15) is 5.11 Å². The maximum absolute atomic E-state index is 11.4. The van der Waals surface area contributed by atoms with Crippen molar-refractivity contribution in [3.8, 4) is 0 Å². The molecule has 108 valence electrons. The number of fused-ring (bicyclic) bond motifs is 1. The molecule has 0 aliphatic carbocycles. The third-order valence-electron chi connectivity index (χ3n) is 4.13. The molecule has 1 aliphatic rings. The minimum atomic E-state index is -0.752. The first-order valence-electron chi connectivity index (χ1n) is 7.19. The van der Waals surface area contributed by atoms with Gasteiger partial charge in [0.25, 0.3) is 0 Å². The van der Waals surface area contributed by atoms with E-state index in [1.807, 2.05) is 0 Å². The van der Waals surface area contributed by atoms with Crippen LogP contribution in [-0.4, -0.2) is 16.2 Å². The van der Waals surface area contributed by atoms with Crippen LogP contribution in [0, 0.1) is 0 Å². The van der Waals surface area contributed by atoms with Crippen LogP contribution in [0.1, 0.15) is 46.1 Å². The fourth-order valence-corrected chi connectivity index (χ4v) is 5.11. The van der Waals surface area contributed by atoms with E-state index < -0.39 is 5.60 Å². The first kappa shape index (κ1) is 14.1. The Labute approximate surface area is 124 Å². The summed E-state index contributed by atoms with van der Waals surface area (Å²) in [5.41, 5.74) is 0.206. The monoisotopic (exact) mass is 289 g/mol. The molecule has 1 aromatic carbocycles. The van der Waals surface area contributed by atoms with Gasteiger partial charge in [0.1, 0.15) is 0 Å². The fourth-order valence-electron chi connectivity index (χ4n) is 4.06. The van der Waals surface area contributed by atoms with Crippen LogP contribution < -0.4 is 5.32 Å². The van der Waals surface area contributed by atoms with Crippen molar-refractivity contribution in [2.45, 2.75) is 57.2 Å². The molecule has 20 heavy (non-hydrogen) atoms. The summed E-state index contributed by atoms with van der Waals surface area (Å²) in [6.45, 7) is 8.70. The highest BCUT2D eigenvalue weighted by molar-refractivity contribution is 7.17. The van der Waals surface area contributed by atoms with Crippen molar-refractivity contribution in [1.29, 1.82) is 0 Å². The maximum Gasteiger partial charge on any atom is 0.0945 e. The Kier molecular flexibility index (Phi) is 3.02. The second-order valence-electron chi connectivity index (χ2n) is 7.42. The Balaban J connectivity index is 2.11. The number of thiophene rings is 1. The summed E-state index contributed by atoms with van der Waals surface area (Å²) < 4.78 is 1.25. The van der Waals surface area contributed by atoms with E-state index >= 15 is 0 Å². The minimum Gasteiger partial charge on any atom is -0.385 e. The third kappa shape index (κ3) is 2.39. The van der Waals surface area contributed by atoms with E-state index in [2.05, 4.69) is 62.7 Å². The summed E-state index contributed by atoms with van der Waals surface area (Å²) in [5, 5.41) is 18.4. The lowest BCUT2D eigenvalue weighted by atomic mass is 9.70. The van der Waals surface area contributed by atoms with Gasteiger partial charge in [-0.2, -0.15) is 0 Å². The van der Waals surface area contributed by atoms with Crippen molar-refractivity contribution in [3.63, 3.8) is 0 Å². The Morgan fingerprint density at radius 1 is 1.05 bits per heavy atom. The molecule has 2 N–H and O–H groups in total. The molecule has 1 saturated heterocycles. The fraction of sp³-hybridized carbons (Fsp3) is 0.529. The van der Waals surface area contributed by atoms with Gasteiger partial charge in [-0.15, -0.1) is 11.3 Å². The van der Waals surface area contributed by atoms with Crippen LogP contribution in [0.3, 0.4) is 0 Å². The van der Waals surface area contributed by atoms with Gasteiger partial charge in [-0.05, 0) is 57.4 Å². The van der Waals surface area contributed by atoms with Gasteiger partial charge in [0.15, 0.2) is 0 Å². The number of benzene rings is 1. The van der Waals surface area contributed by atoms with Crippen LogP contribution >= 0.6 is 11.3 Å². The molecule has 0 radical (unpaired) electrons. The van der Waals surface area contributed by atoms with Crippen molar-refractivity contribution in [2.24, 2.45) is 0 Å². The summed E-state index contributed by atoms with van der Waals surface area (Å²) in [7, 11) is 0. The van der Waals surface area contributed by atoms with Gasteiger partial charge in [-0.1, -0.05) is 18.2 Å². The molecule has 0 atom stereocenters. The van der Waals surface area contributed by atoms with Crippen LogP contribution in [0.2, 0.25) is 0 Å². The van der Waals surface area contributed by atoms with Crippen molar-refractivity contribution in [1.82, 2.24) is 5.32 Å². The van der Waals surface area contributed by atoms with Gasteiger partial charge in [0.05, 0.1) is 5.60 Å². The van der Waals surface area contributed by atoms with Crippen LogP contribution in [0.15, 0.2) is 29.6 Å². The highest BCUT2D eigenvalue weighted by Crippen LogP contribution is 2.46. The van der Waals surface area contributed by atoms with Gasteiger partial charge in [0.2, 0.25) is 0 Å². The molecule has 0 amide bonds. The maximum atomic E-state index is 11.4. The molecule has 2 nitrogen and oxygen atoms in total. The third-order valence-corrected chi connectivity index (χ3v) is 5.09. The van der Waals surface area contributed by atoms with E-state index in [1.54, 1.807) is 11.3 Å². The molecular formula is C17H23NOS. The minimum absolute atomic E-state index is 0.0699. The second-order valence-corrected chi connectivity index (χ2v) is 8.33. The van der Waals surface area contributed by atoms with Crippen LogP contribution in [-0.2, 0) is 5.60 Å². The topological polar surface area (TPSA) is 32.3 Å². The summed E-state index contributed by atoms with van der Waals surface area (Å²) in [4.78, 5) is 0. The van der Waals surface area contributed by atoms with Crippen molar-refractivity contribution >= 4 is 21.4 Å². The SMILES string of the molecule is CC1(C)CC(O)(c2csc3ccccc23)CC(C)(C)N1. The van der Waals surface area contributed by atoms with E-state index in [0.29, 0.717) is 0 Å². The quantitative estimate of drug-likeness (QED) is 0.831. The molecule has 1 aromatic heterocycles. The number of hydrogen-bond acceptors (Lipinski definition) is 3. The number of rotatable bonds is 1. The first-order valence-corrected chi connectivity index (χ1v) is 8.07. The molecule has 3 heteroatoms. The summed E-state index contributed by atoms with van der Waals surface area (Å²) >= 11 is 1.73. The lowest BCUT2D eigenvalue weighted by Crippen LogP contribution is -2.62. The molecule has 3 rings (SSSR count). The van der Waals surface area contributed by atoms with E-state index in [0.717, 1.165) is 18.4 Å². The van der Waals surface area contributed by atoms with E-state index in [1.165, 1.54) is 10.1 Å². The molecular weight excluding hydrogens is 266 g/mol. The lowest BCUT2D eigenvalue weighted by Gasteiger charge is -2.50. The van der Waals surface area contributed by atoms with Crippen molar-refractivity contribution < 1.29 is 5.11 Å². The predicted octanol–water partition coefficient (Wildman–Crippen LogP) is 4.03. The average Bonchev–Trinajstić information content (AvgIpc) is 2.67. The summed E-state index contributed by atoms with van der Waals surface area (Å²) in [6, 6.07) is 8.37. The number of nitrogens with one attached hydrogen (secondary N) is 1. The van der Waals surface area contributed by atoms with Crippen LogP contribution in [0.25, 0.3) is 10.1 Å². The van der Waals surface area contributed by atoms with Crippen LogP contribution in [0.5, 0.6) is 0 Å². The Hall–Kier alpha value is -0.900. The molecule has 0 spiro atoms. The van der Waals surface area contributed by atoms with E-state index in [-0.39, 0.29) is 11.1 Å². The number of aliphatic hydroxyl groups is 1. The Morgan fingerprint density at radius 3 is 2.30 bits per heavy atom. The Bertz CT molecular complexity index is 625. The highest BCUT2D eigenvalue weighted by atomic mass is 32.1. The highest BCUT2D eigenvalue weighted by Gasteiger charge is 2.47. The van der Waals surface area contributed by atoms with Gasteiger partial charge in [0, 0.05) is 21.3 Å². The second kappa shape index (κ2) is 4.30. The molecule has 2 aromatic rings. The standard InChI is InChI=1S/C17H23NOS/c1-15(2)10-17(19,11-16(3,4)18-15)13-9-20-14-8-6-5-7-12(13)14/h5-9,18-19H,10-11H2,1-4H3. The molecule has 0 saturated carbocycles. The summed E-state index contributed by atoms with van der Waals surface area (Å²) in [5.74, 6) is 0. The number of piperidine rings is 1. The van der Waals surface area contributed by atoms with Gasteiger partial charge in [-0.3, -0.25) is 0 Å². The zero-order valence-electron chi connectivity index (χ0n) is 12.7. The first-order chi connectivity index (χ1) is 9.21. The van der Waals surface area contributed by atoms with Gasteiger partial charge >= 0.3 is 0 Å². The molecule has 1 fully saturated rings. The van der Waals surface area contributed by atoms with Gasteiger partial charge < -0.3 is 10.4 Å². The summed E-state index contributed by atoms with van der Waals surface area (Å²) in [6.07, 6.45) is 1.48. The van der Waals surface area contributed by atoms with Crippen LogP contribution in [0.4, 0.5) is 0 Å². The smallest absolute Gasteiger partial charge is 0.0945 e. The molecule has 1 aliphatic heterocycles. The molecule has 0 unspecified atom stereocenters. The molecule has 2 heterocycles. The zero-order valence-corrected chi connectivity index (χ0v) is 13.5. The zero-order chi connectivity index (χ0) is 14.6. The van der Waals surface area contributed by atoms with E-state index in [4.69, 9.17) is 0 Å². The van der Waals surface area contributed by atoms with Crippen molar-refractivity contribution in [3.05, 3.63) is 35.2 Å². The van der Waals surface area contributed by atoms with Gasteiger partial charge in [-0.25, -0.2) is 0 Å². The predicted molar refractivity (Wildman–Crippen MR) is 86.2 cm³/mol.